The van der Waals surface area contributed by atoms with E-state index in [0.29, 0.717) is 19.4 Å². The van der Waals surface area contributed by atoms with Crippen LogP contribution in [0.3, 0.4) is 0 Å². The van der Waals surface area contributed by atoms with Crippen LogP contribution >= 0.6 is 15.9 Å². The van der Waals surface area contributed by atoms with Crippen LogP contribution in [0.1, 0.15) is 32.3 Å². The number of esters is 1. The highest BCUT2D eigenvalue weighted by atomic mass is 79.9. The zero-order chi connectivity index (χ0) is 13.6. The van der Waals surface area contributed by atoms with E-state index in [2.05, 4.69) is 15.9 Å². The second-order valence-corrected chi connectivity index (χ2v) is 5.21. The Labute approximate surface area is 117 Å². The summed E-state index contributed by atoms with van der Waals surface area (Å²) in [6.07, 6.45) is 1.41. The second-order valence-electron chi connectivity index (χ2n) is 4.36. The van der Waals surface area contributed by atoms with Crippen molar-refractivity contribution >= 4 is 21.9 Å². The molecule has 0 saturated heterocycles. The molecule has 3 nitrogen and oxygen atoms in total. The normalized spacial score (nSPS) is 11.3. The minimum absolute atomic E-state index is 0.203. The fraction of sp³-hybridized carbons (Fsp3) is 0.500. The van der Waals surface area contributed by atoms with Crippen LogP contribution in [0.5, 0.6) is 0 Å². The lowest BCUT2D eigenvalue weighted by molar-refractivity contribution is -0.157. The summed E-state index contributed by atoms with van der Waals surface area (Å²) in [5.74, 6) is -0.203. The first-order valence-corrected chi connectivity index (χ1v) is 6.99. The van der Waals surface area contributed by atoms with Crippen LogP contribution in [0.25, 0.3) is 0 Å². The van der Waals surface area contributed by atoms with E-state index in [1.54, 1.807) is 0 Å². The molecule has 1 aromatic rings. The average molecular weight is 314 g/mol. The molecule has 0 bridgehead atoms. The van der Waals surface area contributed by atoms with E-state index in [9.17, 15) is 4.79 Å². The molecular weight excluding hydrogens is 294 g/mol. The van der Waals surface area contributed by atoms with Gasteiger partial charge in [0.1, 0.15) is 6.61 Å². The molecule has 2 N–H and O–H groups in total. The number of benzene rings is 1. The molecule has 1 rings (SSSR count). The van der Waals surface area contributed by atoms with Crippen molar-refractivity contribution in [3.8, 4) is 0 Å². The molecule has 4 heteroatoms. The van der Waals surface area contributed by atoms with Crippen LogP contribution in [0, 0.1) is 5.41 Å². The fourth-order valence-corrected chi connectivity index (χ4v) is 2.22. The van der Waals surface area contributed by atoms with Crippen LogP contribution in [0.4, 0.5) is 0 Å². The average Bonchev–Trinajstić information content (AvgIpc) is 2.40. The topological polar surface area (TPSA) is 52.3 Å². The highest BCUT2D eigenvalue weighted by Crippen LogP contribution is 2.27. The van der Waals surface area contributed by atoms with E-state index < -0.39 is 5.41 Å². The summed E-state index contributed by atoms with van der Waals surface area (Å²) in [6, 6.07) is 7.71. The van der Waals surface area contributed by atoms with Crippen molar-refractivity contribution in [2.45, 2.75) is 33.3 Å². The third-order valence-corrected chi connectivity index (χ3v) is 4.27. The summed E-state index contributed by atoms with van der Waals surface area (Å²) in [4.78, 5) is 12.1. The minimum atomic E-state index is -0.540. The zero-order valence-electron chi connectivity index (χ0n) is 10.9. The van der Waals surface area contributed by atoms with Crippen molar-refractivity contribution < 1.29 is 9.53 Å². The van der Waals surface area contributed by atoms with Crippen LogP contribution in [-0.4, -0.2) is 12.5 Å². The molecule has 0 amide bonds. The summed E-state index contributed by atoms with van der Waals surface area (Å²) < 4.78 is 6.35. The second kappa shape index (κ2) is 6.90. The van der Waals surface area contributed by atoms with Crippen LogP contribution < -0.4 is 5.73 Å². The molecule has 0 spiro atoms. The smallest absolute Gasteiger partial charge is 0.313 e. The molecule has 0 aromatic heterocycles. The van der Waals surface area contributed by atoms with Gasteiger partial charge in [-0.15, -0.1) is 0 Å². The number of rotatable bonds is 6. The Hall–Kier alpha value is -0.870. The van der Waals surface area contributed by atoms with Gasteiger partial charge in [0.25, 0.3) is 0 Å². The van der Waals surface area contributed by atoms with Crippen molar-refractivity contribution in [3.05, 3.63) is 34.3 Å². The Morgan fingerprint density at radius 2 is 1.94 bits per heavy atom. The number of ether oxygens (including phenoxy) is 1. The number of carbonyl (C=O) groups is 1. The van der Waals surface area contributed by atoms with Crippen LogP contribution in [0.15, 0.2) is 28.7 Å². The lowest BCUT2D eigenvalue weighted by Gasteiger charge is -2.27. The predicted molar refractivity (Wildman–Crippen MR) is 76.0 cm³/mol. The zero-order valence-corrected chi connectivity index (χ0v) is 12.5. The molecule has 0 saturated carbocycles. The van der Waals surface area contributed by atoms with Gasteiger partial charge in [0, 0.05) is 16.6 Å². The van der Waals surface area contributed by atoms with Gasteiger partial charge in [0.2, 0.25) is 0 Å². The lowest BCUT2D eigenvalue weighted by Crippen LogP contribution is -2.38. The van der Waals surface area contributed by atoms with Gasteiger partial charge < -0.3 is 10.5 Å². The van der Waals surface area contributed by atoms with E-state index in [1.165, 1.54) is 0 Å². The van der Waals surface area contributed by atoms with Crippen molar-refractivity contribution in [3.63, 3.8) is 0 Å². The van der Waals surface area contributed by atoms with Crippen LogP contribution in [-0.2, 0) is 16.1 Å². The monoisotopic (exact) mass is 313 g/mol. The predicted octanol–water partition coefficient (Wildman–Crippen LogP) is 3.26. The third-order valence-electron chi connectivity index (χ3n) is 3.49. The SMILES string of the molecule is CCC(CC)(CN)C(=O)OCc1ccccc1Br. The molecule has 0 aliphatic rings. The van der Waals surface area contributed by atoms with Gasteiger partial charge in [0.15, 0.2) is 0 Å². The molecule has 18 heavy (non-hydrogen) atoms. The minimum Gasteiger partial charge on any atom is -0.460 e. The quantitative estimate of drug-likeness (QED) is 0.820. The Bertz CT molecular complexity index is 394. The number of hydrogen-bond acceptors (Lipinski definition) is 3. The first-order valence-electron chi connectivity index (χ1n) is 6.20. The Morgan fingerprint density at radius 3 is 2.44 bits per heavy atom. The van der Waals surface area contributed by atoms with Gasteiger partial charge in [-0.05, 0) is 18.9 Å². The van der Waals surface area contributed by atoms with Gasteiger partial charge in [-0.2, -0.15) is 0 Å². The van der Waals surface area contributed by atoms with Gasteiger partial charge in [-0.1, -0.05) is 48.0 Å². The molecule has 100 valence electrons. The summed E-state index contributed by atoms with van der Waals surface area (Å²) in [6.45, 7) is 4.54. The van der Waals surface area contributed by atoms with E-state index in [0.717, 1.165) is 10.0 Å². The molecule has 0 aliphatic carbocycles. The van der Waals surface area contributed by atoms with E-state index in [-0.39, 0.29) is 12.6 Å². The Balaban J connectivity index is 2.69. The number of carbonyl (C=O) groups excluding carboxylic acids is 1. The molecule has 0 unspecified atom stereocenters. The molecule has 0 fully saturated rings. The van der Waals surface area contributed by atoms with Gasteiger partial charge in [0.05, 0.1) is 5.41 Å². The maximum absolute atomic E-state index is 12.1. The first kappa shape index (κ1) is 15.2. The summed E-state index contributed by atoms with van der Waals surface area (Å²) in [5.41, 5.74) is 6.14. The Morgan fingerprint density at radius 1 is 1.33 bits per heavy atom. The summed E-state index contributed by atoms with van der Waals surface area (Å²) in [7, 11) is 0. The third kappa shape index (κ3) is 3.33. The van der Waals surface area contributed by atoms with Gasteiger partial charge >= 0.3 is 5.97 Å². The maximum Gasteiger partial charge on any atom is 0.313 e. The lowest BCUT2D eigenvalue weighted by atomic mass is 9.82. The summed E-state index contributed by atoms with van der Waals surface area (Å²) >= 11 is 3.43. The number of halogens is 1. The van der Waals surface area contributed by atoms with Gasteiger partial charge in [-0.3, -0.25) is 4.79 Å². The highest BCUT2D eigenvalue weighted by Gasteiger charge is 2.35. The molecular formula is C14H20BrNO2. The first-order chi connectivity index (χ1) is 8.59. The van der Waals surface area contributed by atoms with Crippen molar-refractivity contribution in [2.75, 3.05) is 6.54 Å². The van der Waals surface area contributed by atoms with Crippen molar-refractivity contribution in [1.29, 1.82) is 0 Å². The van der Waals surface area contributed by atoms with E-state index in [1.807, 2.05) is 38.1 Å². The molecule has 0 heterocycles. The number of hydrogen-bond donors (Lipinski definition) is 1. The molecule has 1 aromatic carbocycles. The van der Waals surface area contributed by atoms with Gasteiger partial charge in [-0.25, -0.2) is 0 Å². The highest BCUT2D eigenvalue weighted by molar-refractivity contribution is 9.10. The molecule has 0 atom stereocenters. The van der Waals surface area contributed by atoms with E-state index in [4.69, 9.17) is 10.5 Å². The Kier molecular flexibility index (Phi) is 5.82. The van der Waals surface area contributed by atoms with E-state index >= 15 is 0 Å². The van der Waals surface area contributed by atoms with Crippen molar-refractivity contribution in [1.82, 2.24) is 0 Å². The largest absolute Gasteiger partial charge is 0.460 e. The fourth-order valence-electron chi connectivity index (χ4n) is 1.82. The molecule has 0 aliphatic heterocycles. The standard InChI is InChI=1S/C14H20BrNO2/c1-3-14(4-2,10-16)13(17)18-9-11-7-5-6-8-12(11)15/h5-8H,3-4,9-10,16H2,1-2H3. The van der Waals surface area contributed by atoms with Crippen molar-refractivity contribution in [2.24, 2.45) is 11.1 Å². The summed E-state index contributed by atoms with van der Waals surface area (Å²) in [5, 5.41) is 0. The van der Waals surface area contributed by atoms with Crippen LogP contribution in [0.2, 0.25) is 0 Å². The molecule has 0 radical (unpaired) electrons. The number of nitrogens with two attached hydrogens (primary N) is 1. The maximum atomic E-state index is 12.1.